The van der Waals surface area contributed by atoms with Gasteiger partial charge in [0.2, 0.25) is 0 Å². The van der Waals surface area contributed by atoms with E-state index in [1.54, 1.807) is 13.0 Å². The van der Waals surface area contributed by atoms with Gasteiger partial charge in [-0.05, 0) is 182 Å². The molecule has 24 heteroatoms. The van der Waals surface area contributed by atoms with Crippen molar-refractivity contribution in [2.24, 2.45) is 58.2 Å². The van der Waals surface area contributed by atoms with Gasteiger partial charge < -0.3 is 29.2 Å². The Morgan fingerprint density at radius 2 is 0.925 bits per heavy atom. The van der Waals surface area contributed by atoms with Crippen molar-refractivity contribution in [3.05, 3.63) is 25.3 Å². The van der Waals surface area contributed by atoms with Crippen LogP contribution >= 0.6 is 0 Å². The van der Waals surface area contributed by atoms with E-state index < -0.39 is 107 Å². The van der Waals surface area contributed by atoms with Gasteiger partial charge in [-0.25, -0.2) is 0 Å². The second-order valence-corrected chi connectivity index (χ2v) is 24.1. The molecule has 0 aliphatic heterocycles. The molecule has 0 aromatic rings. The number of rotatable bonds is 21. The Kier molecular flexibility index (Phi) is 23.2. The first-order chi connectivity index (χ1) is 36.6. The molecule has 0 heterocycles. The highest BCUT2D eigenvalue weighted by Gasteiger charge is 2.78. The molecule has 6 fully saturated rings. The van der Waals surface area contributed by atoms with Crippen molar-refractivity contribution < 1.29 is 108 Å². The van der Waals surface area contributed by atoms with Gasteiger partial charge in [0.05, 0.1) is 0 Å². The maximum atomic E-state index is 14.2. The zero-order chi connectivity index (χ0) is 61.0. The second-order valence-electron chi connectivity index (χ2n) is 24.1. The normalized spacial score (nSPS) is 33.0. The van der Waals surface area contributed by atoms with Crippen LogP contribution in [0.3, 0.4) is 0 Å². The summed E-state index contributed by atoms with van der Waals surface area (Å²) in [4.78, 5) is 0. The number of hydrogen-bond donors (Lipinski definition) is 2. The van der Waals surface area contributed by atoms with Crippen molar-refractivity contribution in [3.8, 4) is 0 Å². The summed E-state index contributed by atoms with van der Waals surface area (Å²) in [6.45, 7) is 18.6. The van der Waals surface area contributed by atoms with Crippen molar-refractivity contribution >= 4 is 0 Å². The molecule has 6 aliphatic rings. The van der Waals surface area contributed by atoms with E-state index >= 15 is 0 Å². The van der Waals surface area contributed by atoms with Crippen molar-refractivity contribution in [1.82, 2.24) is 0 Å². The quantitative estimate of drug-likeness (QED) is 0.0516. The van der Waals surface area contributed by atoms with Crippen molar-refractivity contribution in [3.63, 3.8) is 0 Å². The van der Waals surface area contributed by atoms with Crippen LogP contribution in [0.1, 0.15) is 183 Å². The van der Waals surface area contributed by atoms with Crippen LogP contribution in [0.2, 0.25) is 0 Å². The first kappa shape index (κ1) is 70.5. The van der Waals surface area contributed by atoms with E-state index in [9.17, 15) is 89.2 Å². The van der Waals surface area contributed by atoms with E-state index in [1.165, 1.54) is 13.0 Å². The van der Waals surface area contributed by atoms with Crippen LogP contribution in [0.15, 0.2) is 25.3 Å². The molecule has 0 aromatic carbocycles. The van der Waals surface area contributed by atoms with Gasteiger partial charge in [0.25, 0.3) is 11.2 Å². The Morgan fingerprint density at radius 3 is 1.29 bits per heavy atom. The molecule has 10 unspecified atom stereocenters. The predicted octanol–water partition coefficient (Wildman–Crippen LogP) is 18.0. The Labute approximate surface area is 458 Å². The highest BCUT2D eigenvalue weighted by molar-refractivity contribution is 5.16. The average Bonchev–Trinajstić information content (AvgIpc) is 4.16. The fourth-order valence-electron chi connectivity index (χ4n) is 14.5. The van der Waals surface area contributed by atoms with Gasteiger partial charge in [-0.2, -0.15) is 79.0 Å². The van der Waals surface area contributed by atoms with E-state index in [0.29, 0.717) is 58.2 Å². The lowest BCUT2D eigenvalue weighted by molar-refractivity contribution is -0.389. The topological polar surface area (TPSA) is 77.4 Å². The van der Waals surface area contributed by atoms with E-state index in [1.807, 2.05) is 27.7 Å². The fourth-order valence-corrected chi connectivity index (χ4v) is 14.5. The van der Waals surface area contributed by atoms with E-state index in [-0.39, 0.29) is 101 Å². The molecule has 6 aliphatic carbocycles. The third-order valence-electron chi connectivity index (χ3n) is 19.4. The number of aliphatic hydroxyl groups is 2. The molecule has 6 saturated carbocycles. The fraction of sp³-hybridized carbons (Fsp3) is 0.929. The summed E-state index contributed by atoms with van der Waals surface area (Å²) in [5.41, 5.74) is -15.2. The van der Waals surface area contributed by atoms with Gasteiger partial charge in [-0.15, -0.1) is 13.2 Å². The Hall–Kier alpha value is -2.02. The monoisotopic (exact) mass is 1190 g/mol. The number of fused-ring (bicyclic) bond motifs is 4. The minimum absolute atomic E-state index is 0.0192. The molecule has 470 valence electrons. The average molecular weight is 1200 g/mol. The molecule has 2 N–H and O–H groups in total. The lowest BCUT2D eigenvalue weighted by atomic mass is 9.63. The van der Waals surface area contributed by atoms with Crippen molar-refractivity contribution in [2.45, 2.75) is 255 Å². The molecule has 4 bridgehead atoms. The Balaban J connectivity index is 0.000000293. The molecule has 0 aromatic heterocycles. The summed E-state index contributed by atoms with van der Waals surface area (Å²) < 4.78 is 263. The first-order valence-electron chi connectivity index (χ1n) is 28.3. The van der Waals surface area contributed by atoms with Gasteiger partial charge >= 0.3 is 37.1 Å². The summed E-state index contributed by atoms with van der Waals surface area (Å²) in [5, 5.41) is 19.5. The van der Waals surface area contributed by atoms with Crippen LogP contribution in [-0.2, 0) is 18.9 Å². The van der Waals surface area contributed by atoms with Crippen LogP contribution in [0, 0.1) is 58.2 Å². The number of alkyl halides is 18. The highest BCUT2D eigenvalue weighted by atomic mass is 19.4. The van der Waals surface area contributed by atoms with Crippen LogP contribution in [0.25, 0.3) is 0 Å². The number of unbranched alkanes of at least 4 members (excludes halogenated alkanes) is 2. The molecular formula is C56H84F18O6. The van der Waals surface area contributed by atoms with Gasteiger partial charge in [-0.3, -0.25) is 0 Å². The lowest BCUT2D eigenvalue weighted by Gasteiger charge is -2.46. The highest BCUT2D eigenvalue weighted by Crippen LogP contribution is 2.68. The van der Waals surface area contributed by atoms with Gasteiger partial charge in [-0.1, -0.05) is 59.1 Å². The second kappa shape index (κ2) is 26.3. The first-order valence-corrected chi connectivity index (χ1v) is 28.3. The maximum Gasteiger partial charge on any atom is 0.426 e. The Bertz CT molecular complexity index is 1900. The van der Waals surface area contributed by atoms with E-state index in [2.05, 4.69) is 13.2 Å². The molecule has 6 rings (SSSR count). The molecule has 0 saturated heterocycles. The minimum atomic E-state index is -5.84. The zero-order valence-corrected chi connectivity index (χ0v) is 46.6. The van der Waals surface area contributed by atoms with Crippen LogP contribution in [0.4, 0.5) is 79.0 Å². The largest absolute Gasteiger partial charge is 0.426 e. The summed E-state index contributed by atoms with van der Waals surface area (Å²) in [6.07, 6.45) is -24.1. The lowest BCUT2D eigenvalue weighted by Crippen LogP contribution is -2.63. The molecule has 0 radical (unpaired) electrons. The third kappa shape index (κ3) is 15.0. The molecule has 80 heavy (non-hydrogen) atoms. The number of hydrogen-bond acceptors (Lipinski definition) is 6. The molecule has 0 spiro atoms. The minimum Gasteiger partial charge on any atom is -0.373 e. The molecule has 0 amide bonds. The smallest absolute Gasteiger partial charge is 0.373 e. The van der Waals surface area contributed by atoms with Crippen molar-refractivity contribution in [2.75, 3.05) is 13.2 Å². The summed E-state index contributed by atoms with van der Waals surface area (Å²) in [7, 11) is 0. The zero-order valence-electron chi connectivity index (χ0n) is 46.6. The van der Waals surface area contributed by atoms with Gasteiger partial charge in [0.1, 0.15) is 0 Å². The van der Waals surface area contributed by atoms with E-state index in [0.717, 1.165) is 19.3 Å². The standard InChI is InChI=1S/C29H45F9O3.C15H25F3O2.C12H14F6O/c1-5-7-14-40-19(4)41-25(27(30,31)32)12-9-21(10-13-25)20(6-2)15-18(3)24-11-8-22(16-24)23(17-24)26(39,28(33,34)35)29(36,37)38;1-4-6-11-19-12(3)20-14(15(16,17)18)9-7-13(5-2)8-10-14;1-2-9-4-3-7(5-9)8(6-9)10(19,11(13,14)15)12(16,17)18/h18-23,39H,5-17H2,1-4H3;5,12-13H,2,4,6-11H2,1,3H3;2,7-8,19H,1,3-6H2. The Morgan fingerprint density at radius 1 is 0.525 bits per heavy atom. The summed E-state index contributed by atoms with van der Waals surface area (Å²) in [6, 6.07) is 0. The molecule has 10 atom stereocenters. The summed E-state index contributed by atoms with van der Waals surface area (Å²) >= 11 is 0. The van der Waals surface area contributed by atoms with Gasteiger partial charge in [0, 0.05) is 25.0 Å². The van der Waals surface area contributed by atoms with Crippen LogP contribution < -0.4 is 0 Å². The van der Waals surface area contributed by atoms with Crippen LogP contribution in [-0.4, -0.2) is 95.5 Å². The number of halogens is 18. The molecular weight excluding hydrogens is 1110 g/mol. The number of ether oxygens (including phenoxy) is 4. The maximum absolute atomic E-state index is 14.2. The molecule has 6 nitrogen and oxygen atoms in total. The predicted molar refractivity (Wildman–Crippen MR) is 262 cm³/mol. The van der Waals surface area contributed by atoms with E-state index in [4.69, 9.17) is 18.9 Å². The number of allylic oxidation sites excluding steroid dienone is 2. The van der Waals surface area contributed by atoms with Gasteiger partial charge in [0.15, 0.2) is 23.8 Å². The SMILES string of the molecule is C=CC12CCC(C1)C(C(O)(C(F)(F)F)C(F)(F)F)C2.C=CC1CCC(OC(C)OCCCC)(C(F)(F)F)CC1.CCCCOC(C)OC1(C(F)(F)F)CCC(C(CC)CC(C)C23CCC(C2)C(C(O)(C(F)(F)F)C(F)(F)F)C3)CC1. The third-order valence-corrected chi connectivity index (χ3v) is 19.4. The summed E-state index contributed by atoms with van der Waals surface area (Å²) in [5.74, 6) is -5.59. The van der Waals surface area contributed by atoms with Crippen molar-refractivity contribution in [1.29, 1.82) is 0 Å². The van der Waals surface area contributed by atoms with Crippen LogP contribution in [0.5, 0.6) is 0 Å².